The van der Waals surface area contributed by atoms with Crippen LogP contribution in [0, 0.1) is 16.0 Å². The standard InChI is InChI=1S/C11H20N4O3/c1-5-18-6-9(8(2)3)13-11-10(15(16)17)12-7-14(11)4/h7-9,13H,5-6H2,1-4H3. The van der Waals surface area contributed by atoms with E-state index < -0.39 is 4.92 Å². The smallest absolute Gasteiger partial charge is 0.380 e. The third-order valence-electron chi connectivity index (χ3n) is 2.72. The van der Waals surface area contributed by atoms with E-state index in [0.717, 1.165) is 0 Å². The lowest BCUT2D eigenvalue weighted by Crippen LogP contribution is -2.32. The van der Waals surface area contributed by atoms with Crippen LogP contribution in [0.1, 0.15) is 20.8 Å². The van der Waals surface area contributed by atoms with Gasteiger partial charge < -0.3 is 20.2 Å². The van der Waals surface area contributed by atoms with Crippen molar-refractivity contribution in [3.05, 3.63) is 16.4 Å². The van der Waals surface area contributed by atoms with E-state index in [0.29, 0.717) is 24.9 Å². The number of imidazole rings is 1. The predicted octanol–water partition coefficient (Wildman–Crippen LogP) is 1.80. The minimum absolute atomic E-state index is 0.0130. The molecule has 0 amide bonds. The van der Waals surface area contributed by atoms with Crippen LogP contribution in [0.25, 0.3) is 0 Å². The van der Waals surface area contributed by atoms with Gasteiger partial charge in [-0.3, -0.25) is 4.57 Å². The molecule has 0 saturated heterocycles. The summed E-state index contributed by atoms with van der Waals surface area (Å²) < 4.78 is 6.99. The number of hydrogen-bond donors (Lipinski definition) is 1. The van der Waals surface area contributed by atoms with E-state index >= 15 is 0 Å². The average Bonchev–Trinajstić information content (AvgIpc) is 2.65. The van der Waals surface area contributed by atoms with Crippen molar-refractivity contribution in [3.63, 3.8) is 0 Å². The van der Waals surface area contributed by atoms with Crippen LogP contribution in [-0.2, 0) is 11.8 Å². The van der Waals surface area contributed by atoms with E-state index in [1.165, 1.54) is 6.33 Å². The van der Waals surface area contributed by atoms with Gasteiger partial charge in [0.2, 0.25) is 12.1 Å². The van der Waals surface area contributed by atoms with Crippen LogP contribution >= 0.6 is 0 Å². The highest BCUT2D eigenvalue weighted by Crippen LogP contribution is 2.23. The van der Waals surface area contributed by atoms with Crippen molar-refractivity contribution >= 4 is 11.6 Å². The molecule has 0 aliphatic carbocycles. The van der Waals surface area contributed by atoms with E-state index in [2.05, 4.69) is 10.3 Å². The highest BCUT2D eigenvalue weighted by atomic mass is 16.6. The van der Waals surface area contributed by atoms with Crippen molar-refractivity contribution in [1.82, 2.24) is 9.55 Å². The summed E-state index contributed by atoms with van der Waals surface area (Å²) in [5, 5.41) is 14.0. The van der Waals surface area contributed by atoms with Gasteiger partial charge in [0, 0.05) is 13.7 Å². The first-order valence-electron chi connectivity index (χ1n) is 5.97. The molecule has 0 bridgehead atoms. The molecular weight excluding hydrogens is 236 g/mol. The molecule has 0 aliphatic heterocycles. The molecule has 7 nitrogen and oxygen atoms in total. The van der Waals surface area contributed by atoms with Gasteiger partial charge in [-0.1, -0.05) is 13.8 Å². The molecule has 0 spiro atoms. The van der Waals surface area contributed by atoms with Crippen molar-refractivity contribution in [2.75, 3.05) is 18.5 Å². The normalized spacial score (nSPS) is 12.7. The molecule has 0 saturated carbocycles. The first-order chi connectivity index (χ1) is 8.47. The monoisotopic (exact) mass is 256 g/mol. The van der Waals surface area contributed by atoms with Crippen LogP contribution in [0.2, 0.25) is 0 Å². The van der Waals surface area contributed by atoms with Crippen LogP contribution in [0.3, 0.4) is 0 Å². The maximum atomic E-state index is 10.9. The van der Waals surface area contributed by atoms with Gasteiger partial charge in [-0.15, -0.1) is 0 Å². The Hall–Kier alpha value is -1.63. The highest BCUT2D eigenvalue weighted by molar-refractivity contribution is 5.52. The van der Waals surface area contributed by atoms with Gasteiger partial charge in [0.1, 0.15) is 0 Å². The van der Waals surface area contributed by atoms with Gasteiger partial charge >= 0.3 is 5.82 Å². The number of hydrogen-bond acceptors (Lipinski definition) is 5. The minimum atomic E-state index is -0.486. The summed E-state index contributed by atoms with van der Waals surface area (Å²) in [5.74, 6) is 0.559. The lowest BCUT2D eigenvalue weighted by atomic mass is 10.1. The van der Waals surface area contributed by atoms with E-state index in [1.807, 2.05) is 20.8 Å². The zero-order valence-electron chi connectivity index (χ0n) is 11.2. The second kappa shape index (κ2) is 6.34. The molecule has 1 rings (SSSR count). The maximum Gasteiger partial charge on any atom is 0.406 e. The lowest BCUT2D eigenvalue weighted by Gasteiger charge is -2.22. The summed E-state index contributed by atoms with van der Waals surface area (Å²) in [6.07, 6.45) is 1.43. The number of nitrogens with one attached hydrogen (secondary N) is 1. The number of nitrogens with zero attached hydrogens (tertiary/aromatic N) is 3. The Morgan fingerprint density at radius 2 is 2.28 bits per heavy atom. The summed E-state index contributed by atoms with van der Waals surface area (Å²) in [5.41, 5.74) is 0. The minimum Gasteiger partial charge on any atom is -0.380 e. The molecule has 1 aromatic heterocycles. The number of aromatic nitrogens is 2. The molecule has 0 radical (unpaired) electrons. The summed E-state index contributed by atoms with van der Waals surface area (Å²) in [6.45, 7) is 7.14. The fourth-order valence-electron chi connectivity index (χ4n) is 1.54. The van der Waals surface area contributed by atoms with Crippen molar-refractivity contribution in [2.45, 2.75) is 26.8 Å². The Morgan fingerprint density at radius 1 is 1.61 bits per heavy atom. The van der Waals surface area contributed by atoms with E-state index in [1.54, 1.807) is 11.6 Å². The Balaban J connectivity index is 2.86. The number of anilines is 1. The van der Waals surface area contributed by atoms with Crippen LogP contribution < -0.4 is 5.32 Å². The molecular formula is C11H20N4O3. The zero-order chi connectivity index (χ0) is 13.7. The fourth-order valence-corrected chi connectivity index (χ4v) is 1.54. The van der Waals surface area contributed by atoms with Gasteiger partial charge in [-0.25, -0.2) is 0 Å². The quantitative estimate of drug-likeness (QED) is 0.594. The second-order valence-electron chi connectivity index (χ2n) is 4.44. The second-order valence-corrected chi connectivity index (χ2v) is 4.44. The molecule has 0 aliphatic rings. The van der Waals surface area contributed by atoms with E-state index in [4.69, 9.17) is 4.74 Å². The SMILES string of the molecule is CCOCC(Nc1c([N+](=O)[O-])ncn1C)C(C)C. The van der Waals surface area contributed by atoms with E-state index in [9.17, 15) is 10.1 Å². The fraction of sp³-hybridized carbons (Fsp3) is 0.727. The van der Waals surface area contributed by atoms with Crippen molar-refractivity contribution < 1.29 is 9.66 Å². The molecule has 7 heteroatoms. The number of aryl methyl sites for hydroxylation is 1. The molecule has 102 valence electrons. The Labute approximate surface area is 106 Å². The van der Waals surface area contributed by atoms with Crippen molar-refractivity contribution in [2.24, 2.45) is 13.0 Å². The Bertz CT molecular complexity index is 403. The number of rotatable bonds is 7. The third kappa shape index (κ3) is 3.43. The largest absolute Gasteiger partial charge is 0.406 e. The molecule has 0 aromatic carbocycles. The van der Waals surface area contributed by atoms with E-state index in [-0.39, 0.29) is 11.9 Å². The molecule has 0 fully saturated rings. The van der Waals surface area contributed by atoms with Crippen molar-refractivity contribution in [1.29, 1.82) is 0 Å². The van der Waals surface area contributed by atoms with Gasteiger partial charge in [-0.2, -0.15) is 0 Å². The van der Waals surface area contributed by atoms with Crippen LogP contribution in [-0.4, -0.2) is 33.7 Å². The zero-order valence-corrected chi connectivity index (χ0v) is 11.2. The van der Waals surface area contributed by atoms with Gasteiger partial charge in [-0.05, 0) is 22.7 Å². The molecule has 1 N–H and O–H groups in total. The maximum absolute atomic E-state index is 10.9. The predicted molar refractivity (Wildman–Crippen MR) is 68.6 cm³/mol. The topological polar surface area (TPSA) is 82.2 Å². The first kappa shape index (κ1) is 14.4. The first-order valence-corrected chi connectivity index (χ1v) is 5.97. The van der Waals surface area contributed by atoms with Gasteiger partial charge in [0.05, 0.1) is 12.6 Å². The molecule has 1 unspecified atom stereocenters. The number of ether oxygens (including phenoxy) is 1. The third-order valence-corrected chi connectivity index (χ3v) is 2.72. The summed E-state index contributed by atoms with van der Waals surface area (Å²) in [7, 11) is 1.72. The summed E-state index contributed by atoms with van der Waals surface area (Å²) in [4.78, 5) is 14.1. The summed E-state index contributed by atoms with van der Waals surface area (Å²) in [6, 6.07) is 0.0130. The highest BCUT2D eigenvalue weighted by Gasteiger charge is 2.24. The van der Waals surface area contributed by atoms with Crippen LogP contribution in [0.5, 0.6) is 0 Å². The lowest BCUT2D eigenvalue weighted by molar-refractivity contribution is -0.388. The molecule has 1 heterocycles. The van der Waals surface area contributed by atoms with Crippen LogP contribution in [0.4, 0.5) is 11.6 Å². The molecule has 1 aromatic rings. The van der Waals surface area contributed by atoms with Gasteiger partial charge in [0.25, 0.3) is 0 Å². The van der Waals surface area contributed by atoms with Crippen LogP contribution in [0.15, 0.2) is 6.33 Å². The van der Waals surface area contributed by atoms with Crippen molar-refractivity contribution in [3.8, 4) is 0 Å². The summed E-state index contributed by atoms with van der Waals surface area (Å²) >= 11 is 0. The molecule has 18 heavy (non-hydrogen) atoms. The molecule has 1 atom stereocenters. The number of nitro groups is 1. The Kier molecular flexibility index (Phi) is 5.08. The van der Waals surface area contributed by atoms with Gasteiger partial charge in [0.15, 0.2) is 0 Å². The Morgan fingerprint density at radius 3 is 2.78 bits per heavy atom. The average molecular weight is 256 g/mol.